The number of carbonyl (C=O) groups excluding carboxylic acids is 1. The van der Waals surface area contributed by atoms with Crippen molar-refractivity contribution < 1.29 is 30.8 Å². The fourth-order valence-corrected chi connectivity index (χ4v) is 6.27. The number of benzene rings is 2. The Hall–Kier alpha value is -3.84. The van der Waals surface area contributed by atoms with Crippen LogP contribution in [0.15, 0.2) is 59.8 Å². The molecule has 196 valence electrons. The molecule has 0 spiro atoms. The number of hydrogen-bond donors (Lipinski definition) is 1. The molecule has 2 aromatic carbocycles. The number of rotatable bonds is 6. The molecule has 0 saturated carbocycles. The molecule has 2 aromatic heterocycles. The predicted molar refractivity (Wildman–Crippen MR) is 134 cm³/mol. The average Bonchev–Trinajstić information content (AvgIpc) is 3.33. The van der Waals surface area contributed by atoms with Gasteiger partial charge in [0.15, 0.2) is 10.9 Å². The van der Waals surface area contributed by atoms with Crippen molar-refractivity contribution in [3.63, 3.8) is 0 Å². The number of piperidine rings is 1. The van der Waals surface area contributed by atoms with Crippen LogP contribution in [0.1, 0.15) is 12.8 Å². The van der Waals surface area contributed by atoms with Crippen LogP contribution in [-0.2, 0) is 14.8 Å². The van der Waals surface area contributed by atoms with Crippen LogP contribution < -0.4 is 9.62 Å². The van der Waals surface area contributed by atoms with E-state index in [0.29, 0.717) is 53.6 Å². The Balaban J connectivity index is 1.61. The average molecular weight is 563 g/mol. The second kappa shape index (κ2) is 10.1. The summed E-state index contributed by atoms with van der Waals surface area (Å²) in [7, 11) is -4.77. The van der Waals surface area contributed by atoms with Crippen LogP contribution in [0.3, 0.4) is 0 Å². The first kappa shape index (κ1) is 25.8. The van der Waals surface area contributed by atoms with E-state index < -0.39 is 49.4 Å². The topological polar surface area (TPSA) is 92.3 Å². The van der Waals surface area contributed by atoms with Gasteiger partial charge >= 0.3 is 0 Å². The third kappa shape index (κ3) is 4.98. The number of sulfonamides is 1. The lowest BCUT2D eigenvalue weighted by atomic mass is 10.1. The molecule has 0 radical (unpaired) electrons. The summed E-state index contributed by atoms with van der Waals surface area (Å²) in [6.45, 7) is 0.789. The Kier molecular flexibility index (Phi) is 6.88. The molecule has 0 aliphatic carbocycles. The van der Waals surface area contributed by atoms with Gasteiger partial charge in [0, 0.05) is 38.3 Å². The van der Waals surface area contributed by atoms with Crippen molar-refractivity contribution >= 4 is 38.0 Å². The minimum absolute atomic E-state index is 0.0823. The Morgan fingerprint density at radius 3 is 2.32 bits per heavy atom. The van der Waals surface area contributed by atoms with E-state index in [1.807, 2.05) is 9.62 Å². The van der Waals surface area contributed by atoms with Gasteiger partial charge in [-0.2, -0.15) is 0 Å². The van der Waals surface area contributed by atoms with Crippen molar-refractivity contribution in [1.82, 2.24) is 9.97 Å². The summed E-state index contributed by atoms with van der Waals surface area (Å²) < 4.78 is 86.1. The number of hydrogen-bond acceptors (Lipinski definition) is 7. The zero-order valence-electron chi connectivity index (χ0n) is 19.4. The molecule has 1 aliphatic rings. The molecule has 1 saturated heterocycles. The van der Waals surface area contributed by atoms with Crippen LogP contribution in [0.4, 0.5) is 28.4 Å². The maximum Gasteiger partial charge on any atom is 0.265 e. The number of ketones is 1. The van der Waals surface area contributed by atoms with Crippen molar-refractivity contribution in [3.8, 4) is 21.7 Å². The SMILES string of the molecule is O=C1CCN(c2nc(-c3c(F)ccc(NS(=O)(=O)c4cc(F)ccc4F)c3F)c(-c3ccncc3)s2)CC1. The van der Waals surface area contributed by atoms with Crippen LogP contribution in [0.5, 0.6) is 0 Å². The van der Waals surface area contributed by atoms with Gasteiger partial charge in [-0.1, -0.05) is 11.3 Å². The molecule has 1 aliphatic heterocycles. The van der Waals surface area contributed by atoms with E-state index in [1.165, 1.54) is 12.4 Å². The highest BCUT2D eigenvalue weighted by molar-refractivity contribution is 7.92. The largest absolute Gasteiger partial charge is 0.347 e. The van der Waals surface area contributed by atoms with E-state index in [2.05, 4.69) is 9.97 Å². The van der Waals surface area contributed by atoms with E-state index in [9.17, 15) is 22.0 Å². The Morgan fingerprint density at radius 1 is 0.921 bits per heavy atom. The summed E-state index contributed by atoms with van der Waals surface area (Å²) in [6.07, 6.45) is 3.64. The third-order valence-electron chi connectivity index (χ3n) is 5.91. The van der Waals surface area contributed by atoms with Gasteiger partial charge in [0.2, 0.25) is 0 Å². The number of anilines is 2. The van der Waals surface area contributed by atoms with Crippen molar-refractivity contribution in [3.05, 3.63) is 78.1 Å². The van der Waals surface area contributed by atoms with E-state index >= 15 is 8.78 Å². The molecule has 5 rings (SSSR count). The van der Waals surface area contributed by atoms with Gasteiger partial charge in [0.1, 0.15) is 28.1 Å². The molecule has 1 fully saturated rings. The molecule has 7 nitrogen and oxygen atoms in total. The third-order valence-corrected chi connectivity index (χ3v) is 8.45. The van der Waals surface area contributed by atoms with E-state index in [1.54, 1.807) is 12.1 Å². The van der Waals surface area contributed by atoms with E-state index in [4.69, 9.17) is 0 Å². The molecule has 13 heteroatoms. The highest BCUT2D eigenvalue weighted by atomic mass is 32.2. The van der Waals surface area contributed by atoms with Gasteiger partial charge in [-0.15, -0.1) is 0 Å². The monoisotopic (exact) mass is 562 g/mol. The van der Waals surface area contributed by atoms with Gasteiger partial charge < -0.3 is 4.90 Å². The van der Waals surface area contributed by atoms with Crippen molar-refractivity contribution in [2.24, 2.45) is 0 Å². The molecule has 0 bridgehead atoms. The van der Waals surface area contributed by atoms with Gasteiger partial charge in [-0.25, -0.2) is 31.0 Å². The number of Topliss-reactive ketones (excluding diaryl/α,β-unsaturated/α-hetero) is 1. The molecule has 0 unspecified atom stereocenters. The summed E-state index contributed by atoms with van der Waals surface area (Å²) in [5.74, 6) is -4.44. The summed E-state index contributed by atoms with van der Waals surface area (Å²) in [6, 6.07) is 6.79. The smallest absolute Gasteiger partial charge is 0.265 e. The maximum atomic E-state index is 15.8. The van der Waals surface area contributed by atoms with Crippen molar-refractivity contribution in [2.45, 2.75) is 17.7 Å². The summed E-state index contributed by atoms with van der Waals surface area (Å²) in [5, 5.41) is 0.436. The Bertz CT molecular complexity index is 1640. The number of pyridine rings is 1. The first-order chi connectivity index (χ1) is 18.1. The molecule has 0 atom stereocenters. The molecular formula is C25H18F4N4O3S2. The summed E-state index contributed by atoms with van der Waals surface area (Å²) >= 11 is 1.16. The Morgan fingerprint density at radius 2 is 1.61 bits per heavy atom. The van der Waals surface area contributed by atoms with Crippen molar-refractivity contribution in [2.75, 3.05) is 22.7 Å². The van der Waals surface area contributed by atoms with Gasteiger partial charge in [-0.05, 0) is 48.0 Å². The lowest BCUT2D eigenvalue weighted by Crippen LogP contribution is -2.33. The van der Waals surface area contributed by atoms with Gasteiger partial charge in [0.25, 0.3) is 10.0 Å². The summed E-state index contributed by atoms with van der Waals surface area (Å²) in [4.78, 5) is 21.4. The number of halogens is 4. The fraction of sp³-hybridized carbons (Fsp3) is 0.160. The first-order valence-corrected chi connectivity index (χ1v) is 13.6. The lowest BCUT2D eigenvalue weighted by Gasteiger charge is -2.25. The van der Waals surface area contributed by atoms with Crippen LogP contribution in [0.25, 0.3) is 21.7 Å². The van der Waals surface area contributed by atoms with Crippen LogP contribution in [0.2, 0.25) is 0 Å². The molecule has 0 amide bonds. The van der Waals surface area contributed by atoms with Crippen molar-refractivity contribution in [1.29, 1.82) is 0 Å². The highest BCUT2D eigenvalue weighted by Gasteiger charge is 2.28. The molecule has 3 heterocycles. The first-order valence-electron chi connectivity index (χ1n) is 11.3. The second-order valence-corrected chi connectivity index (χ2v) is 11.0. The number of nitrogens with zero attached hydrogens (tertiary/aromatic N) is 3. The minimum Gasteiger partial charge on any atom is -0.347 e. The molecule has 38 heavy (non-hydrogen) atoms. The standard InChI is InChI=1S/C25H18F4N4O3S2/c26-15-1-2-17(27)20(13-15)38(35,36)32-19-4-3-18(28)21(22(19)29)23-24(14-5-9-30-10-6-14)37-25(31-23)33-11-7-16(34)8-12-33/h1-6,9-10,13,32H,7-8,11-12H2. The van der Waals surface area contributed by atoms with Crippen LogP contribution >= 0.6 is 11.3 Å². The Labute approximate surface area is 218 Å². The zero-order chi connectivity index (χ0) is 27.0. The second-order valence-electron chi connectivity index (χ2n) is 8.40. The number of thiazole rings is 1. The molecule has 4 aromatic rings. The zero-order valence-corrected chi connectivity index (χ0v) is 21.1. The van der Waals surface area contributed by atoms with E-state index in [-0.39, 0.29) is 11.5 Å². The number of carbonyl (C=O) groups is 1. The van der Waals surface area contributed by atoms with E-state index in [0.717, 1.165) is 29.5 Å². The predicted octanol–water partition coefficient (Wildman–Crippen LogP) is 5.40. The number of aromatic nitrogens is 2. The maximum absolute atomic E-state index is 15.8. The quantitative estimate of drug-likeness (QED) is 0.317. The van der Waals surface area contributed by atoms with Gasteiger partial charge in [-0.3, -0.25) is 14.5 Å². The normalized spacial score (nSPS) is 14.1. The highest BCUT2D eigenvalue weighted by Crippen LogP contribution is 2.43. The fourth-order valence-electron chi connectivity index (χ4n) is 3.99. The minimum atomic E-state index is -4.77. The summed E-state index contributed by atoms with van der Waals surface area (Å²) in [5.41, 5.74) is -0.796. The van der Waals surface area contributed by atoms with Gasteiger partial charge in [0.05, 0.1) is 21.8 Å². The molecule has 1 N–H and O–H groups in total. The number of nitrogens with one attached hydrogen (secondary N) is 1. The molecular weight excluding hydrogens is 544 g/mol. The lowest BCUT2D eigenvalue weighted by molar-refractivity contribution is -0.119. The van der Waals surface area contributed by atoms with Crippen LogP contribution in [0, 0.1) is 23.3 Å². The van der Waals surface area contributed by atoms with Crippen LogP contribution in [-0.4, -0.2) is 37.3 Å².